The van der Waals surface area contributed by atoms with Gasteiger partial charge in [-0.2, -0.15) is 0 Å². The van der Waals surface area contributed by atoms with Crippen molar-refractivity contribution in [3.05, 3.63) is 71.3 Å². The average Bonchev–Trinajstić information content (AvgIpc) is 3.11. The Bertz CT molecular complexity index is 896. The normalized spacial score (nSPS) is 11.8. The Labute approximate surface area is 156 Å². The second-order valence-corrected chi connectivity index (χ2v) is 6.28. The minimum absolute atomic E-state index is 0.234. The van der Waals surface area contributed by atoms with Gasteiger partial charge in [-0.15, -0.1) is 10.2 Å². The molecule has 0 unspecified atom stereocenters. The number of aryl methyl sites for hydroxylation is 1. The summed E-state index contributed by atoms with van der Waals surface area (Å²) >= 11 is 5.94. The minimum Gasteiger partial charge on any atom is -0.481 e. The number of amides is 1. The summed E-state index contributed by atoms with van der Waals surface area (Å²) in [7, 11) is 0. The zero-order valence-corrected chi connectivity index (χ0v) is 15.3. The molecule has 0 fully saturated rings. The molecule has 0 saturated heterocycles. The maximum absolute atomic E-state index is 12.3. The monoisotopic (exact) mass is 370 g/mol. The van der Waals surface area contributed by atoms with Gasteiger partial charge in [0.2, 0.25) is 0 Å². The number of halogens is 1. The molecule has 7 heteroatoms. The van der Waals surface area contributed by atoms with Crippen LogP contribution < -0.4 is 10.1 Å². The Hall–Kier alpha value is -2.86. The molecule has 134 valence electrons. The maximum Gasteiger partial charge on any atom is 0.261 e. The van der Waals surface area contributed by atoms with Crippen molar-refractivity contribution in [2.45, 2.75) is 26.5 Å². The number of para-hydroxylation sites is 1. The van der Waals surface area contributed by atoms with Crippen LogP contribution >= 0.6 is 11.6 Å². The Morgan fingerprint density at radius 3 is 2.77 bits per heavy atom. The van der Waals surface area contributed by atoms with Gasteiger partial charge in [-0.3, -0.25) is 9.36 Å². The quantitative estimate of drug-likeness (QED) is 0.722. The summed E-state index contributed by atoms with van der Waals surface area (Å²) in [5.41, 5.74) is 1.81. The maximum atomic E-state index is 12.3. The fourth-order valence-electron chi connectivity index (χ4n) is 2.48. The van der Waals surface area contributed by atoms with E-state index in [-0.39, 0.29) is 12.5 Å². The Morgan fingerprint density at radius 1 is 1.27 bits per heavy atom. The third kappa shape index (κ3) is 4.21. The molecule has 1 amide bonds. The van der Waals surface area contributed by atoms with Crippen molar-refractivity contribution < 1.29 is 9.53 Å². The van der Waals surface area contributed by atoms with Crippen molar-refractivity contribution >= 4 is 17.5 Å². The van der Waals surface area contributed by atoms with Gasteiger partial charge in [0, 0.05) is 10.7 Å². The van der Waals surface area contributed by atoms with Crippen LogP contribution in [0.25, 0.3) is 5.69 Å². The first kappa shape index (κ1) is 17.9. The van der Waals surface area contributed by atoms with Crippen LogP contribution in [0.5, 0.6) is 5.75 Å². The van der Waals surface area contributed by atoms with E-state index in [1.807, 2.05) is 41.8 Å². The smallest absolute Gasteiger partial charge is 0.261 e. The molecule has 1 heterocycles. The van der Waals surface area contributed by atoms with Crippen molar-refractivity contribution in [1.29, 1.82) is 0 Å². The molecule has 3 rings (SSSR count). The molecule has 1 N–H and O–H groups in total. The highest BCUT2D eigenvalue weighted by atomic mass is 35.5. The summed E-state index contributed by atoms with van der Waals surface area (Å²) in [5.74, 6) is 1.03. The second kappa shape index (κ2) is 8.01. The van der Waals surface area contributed by atoms with E-state index in [1.165, 1.54) is 0 Å². The van der Waals surface area contributed by atoms with Gasteiger partial charge in [0.05, 0.1) is 6.54 Å². The molecule has 6 nitrogen and oxygen atoms in total. The standard InChI is InChI=1S/C19H19ClN4O2/c1-13-10-15(20)8-9-17(13)26-14(2)19(25)21-11-18-23-22-12-24(18)16-6-4-3-5-7-16/h3-10,12,14H,11H2,1-2H3,(H,21,25)/t14-/m1/s1. The SMILES string of the molecule is Cc1cc(Cl)ccc1O[C@H](C)C(=O)NCc1nncn1-c1ccccc1. The number of hydrogen-bond donors (Lipinski definition) is 1. The van der Waals surface area contributed by atoms with Gasteiger partial charge < -0.3 is 10.1 Å². The highest BCUT2D eigenvalue weighted by Crippen LogP contribution is 2.22. The second-order valence-electron chi connectivity index (χ2n) is 5.84. The molecule has 0 bridgehead atoms. The number of nitrogens with zero attached hydrogens (tertiary/aromatic N) is 3. The predicted octanol–water partition coefficient (Wildman–Crippen LogP) is 3.31. The first-order chi connectivity index (χ1) is 12.5. The predicted molar refractivity (Wildman–Crippen MR) is 99.5 cm³/mol. The number of aromatic nitrogens is 3. The Morgan fingerprint density at radius 2 is 2.04 bits per heavy atom. The summed E-state index contributed by atoms with van der Waals surface area (Å²) < 4.78 is 7.56. The van der Waals surface area contributed by atoms with Gasteiger partial charge in [0.25, 0.3) is 5.91 Å². The Kier molecular flexibility index (Phi) is 5.53. The number of carbonyl (C=O) groups is 1. The summed E-state index contributed by atoms with van der Waals surface area (Å²) in [5, 5.41) is 11.5. The Balaban J connectivity index is 1.62. The van der Waals surface area contributed by atoms with E-state index in [2.05, 4.69) is 15.5 Å². The van der Waals surface area contributed by atoms with Gasteiger partial charge >= 0.3 is 0 Å². The molecule has 1 atom stereocenters. The lowest BCUT2D eigenvalue weighted by molar-refractivity contribution is -0.127. The average molecular weight is 371 g/mol. The van der Waals surface area contributed by atoms with Crippen molar-refractivity contribution in [1.82, 2.24) is 20.1 Å². The van der Waals surface area contributed by atoms with E-state index >= 15 is 0 Å². The third-order valence-corrected chi connectivity index (χ3v) is 4.12. The van der Waals surface area contributed by atoms with Crippen molar-refractivity contribution in [2.24, 2.45) is 0 Å². The first-order valence-electron chi connectivity index (χ1n) is 8.19. The molecule has 0 aliphatic carbocycles. The summed E-state index contributed by atoms with van der Waals surface area (Å²) in [6.07, 6.45) is 0.969. The fraction of sp³-hybridized carbons (Fsp3) is 0.211. The number of rotatable bonds is 6. The number of ether oxygens (including phenoxy) is 1. The molecule has 0 aliphatic heterocycles. The van der Waals surface area contributed by atoms with Gasteiger partial charge in [-0.1, -0.05) is 29.8 Å². The molecular weight excluding hydrogens is 352 g/mol. The molecule has 0 aliphatic rings. The van der Waals surface area contributed by atoms with Gasteiger partial charge in [-0.25, -0.2) is 0 Å². The molecule has 1 aromatic heterocycles. The zero-order chi connectivity index (χ0) is 18.5. The highest BCUT2D eigenvalue weighted by Gasteiger charge is 2.17. The summed E-state index contributed by atoms with van der Waals surface area (Å²) in [6.45, 7) is 3.83. The zero-order valence-electron chi connectivity index (χ0n) is 14.5. The lowest BCUT2D eigenvalue weighted by atomic mass is 10.2. The largest absolute Gasteiger partial charge is 0.481 e. The molecule has 26 heavy (non-hydrogen) atoms. The topological polar surface area (TPSA) is 69.0 Å². The van der Waals surface area contributed by atoms with Crippen molar-refractivity contribution in [3.63, 3.8) is 0 Å². The van der Waals surface area contributed by atoms with Crippen LogP contribution in [0.4, 0.5) is 0 Å². The van der Waals surface area contributed by atoms with Crippen LogP contribution in [-0.4, -0.2) is 26.8 Å². The van der Waals surface area contributed by atoms with E-state index in [1.54, 1.807) is 31.5 Å². The number of nitrogens with one attached hydrogen (secondary N) is 1. The molecule has 0 radical (unpaired) electrons. The number of carbonyl (C=O) groups excluding carboxylic acids is 1. The van der Waals surface area contributed by atoms with Crippen LogP contribution in [0.1, 0.15) is 18.3 Å². The summed E-state index contributed by atoms with van der Waals surface area (Å²) in [6, 6.07) is 15.0. The lowest BCUT2D eigenvalue weighted by Crippen LogP contribution is -2.36. The number of benzene rings is 2. The van der Waals surface area contributed by atoms with E-state index in [0.29, 0.717) is 16.6 Å². The highest BCUT2D eigenvalue weighted by molar-refractivity contribution is 6.30. The van der Waals surface area contributed by atoms with Gasteiger partial charge in [0.15, 0.2) is 11.9 Å². The van der Waals surface area contributed by atoms with E-state index in [9.17, 15) is 4.79 Å². The molecule has 3 aromatic rings. The minimum atomic E-state index is -0.650. The van der Waals surface area contributed by atoms with E-state index in [0.717, 1.165) is 11.3 Å². The fourth-order valence-corrected chi connectivity index (χ4v) is 2.71. The molecular formula is C19H19ClN4O2. The molecule has 2 aromatic carbocycles. The summed E-state index contributed by atoms with van der Waals surface area (Å²) in [4.78, 5) is 12.3. The van der Waals surface area contributed by atoms with Crippen LogP contribution in [0, 0.1) is 6.92 Å². The van der Waals surface area contributed by atoms with E-state index in [4.69, 9.17) is 16.3 Å². The van der Waals surface area contributed by atoms with Crippen LogP contribution in [0.15, 0.2) is 54.9 Å². The first-order valence-corrected chi connectivity index (χ1v) is 8.57. The van der Waals surface area contributed by atoms with Crippen LogP contribution in [0.3, 0.4) is 0 Å². The van der Waals surface area contributed by atoms with Crippen molar-refractivity contribution in [3.8, 4) is 11.4 Å². The van der Waals surface area contributed by atoms with Crippen LogP contribution in [0.2, 0.25) is 5.02 Å². The lowest BCUT2D eigenvalue weighted by Gasteiger charge is -2.16. The molecule has 0 spiro atoms. The number of hydrogen-bond acceptors (Lipinski definition) is 4. The van der Waals surface area contributed by atoms with Crippen molar-refractivity contribution in [2.75, 3.05) is 0 Å². The van der Waals surface area contributed by atoms with Gasteiger partial charge in [0.1, 0.15) is 12.1 Å². The third-order valence-electron chi connectivity index (χ3n) is 3.88. The molecule has 0 saturated carbocycles. The van der Waals surface area contributed by atoms with Crippen LogP contribution in [-0.2, 0) is 11.3 Å². The van der Waals surface area contributed by atoms with E-state index < -0.39 is 6.10 Å². The van der Waals surface area contributed by atoms with Gasteiger partial charge in [-0.05, 0) is 49.7 Å².